The van der Waals surface area contributed by atoms with Crippen molar-refractivity contribution in [3.05, 3.63) is 42.4 Å². The lowest BCUT2D eigenvalue weighted by molar-refractivity contribution is -0.140. The quantitative estimate of drug-likeness (QED) is 0.657. The van der Waals surface area contributed by atoms with Crippen LogP contribution in [-0.2, 0) is 11.0 Å². The summed E-state index contributed by atoms with van der Waals surface area (Å²) in [6.07, 6.45) is 0.738. The van der Waals surface area contributed by atoms with Crippen molar-refractivity contribution in [1.29, 1.82) is 5.26 Å². The van der Waals surface area contributed by atoms with Crippen molar-refractivity contribution in [2.24, 2.45) is 5.92 Å². The first-order valence-corrected chi connectivity index (χ1v) is 8.81. The molecule has 2 N–H and O–H groups in total. The summed E-state index contributed by atoms with van der Waals surface area (Å²) in [5.41, 5.74) is -0.616. The molecule has 1 unspecified atom stereocenters. The number of nitrogens with zero attached hydrogens (tertiary/aromatic N) is 4. The number of fused-ring (bicyclic) bond motifs is 1. The van der Waals surface area contributed by atoms with Crippen LogP contribution in [0.5, 0.6) is 0 Å². The van der Waals surface area contributed by atoms with Crippen LogP contribution in [0.3, 0.4) is 0 Å². The maximum atomic E-state index is 13.1. The predicted octanol–water partition coefficient (Wildman–Crippen LogP) is 3.39. The average molecular weight is 400 g/mol. The molecule has 7 nitrogen and oxygen atoms in total. The molecule has 3 aromatic rings. The second-order valence-corrected chi connectivity index (χ2v) is 6.81. The number of carbonyl (C=O) groups is 1. The molecular weight excluding hydrogens is 385 g/mol. The monoisotopic (exact) mass is 400 g/mol. The molecule has 3 heterocycles. The number of likely N-dealkylation sites (tertiary alicyclic amines) is 1. The number of H-pyrrole nitrogens is 1. The Morgan fingerprint density at radius 1 is 1.28 bits per heavy atom. The fourth-order valence-corrected chi connectivity index (χ4v) is 3.39. The Kier molecular flexibility index (Phi) is 4.58. The van der Waals surface area contributed by atoms with Crippen LogP contribution in [0.1, 0.15) is 12.1 Å². The summed E-state index contributed by atoms with van der Waals surface area (Å²) < 4.78 is 39.4. The van der Waals surface area contributed by atoms with Gasteiger partial charge in [-0.05, 0) is 29.5 Å². The van der Waals surface area contributed by atoms with Crippen molar-refractivity contribution in [3.63, 3.8) is 0 Å². The van der Waals surface area contributed by atoms with Crippen LogP contribution in [-0.4, -0.2) is 39.1 Å². The Bertz CT molecular complexity index is 1120. The van der Waals surface area contributed by atoms with Crippen LogP contribution in [0.4, 0.5) is 19.0 Å². The van der Waals surface area contributed by atoms with E-state index in [1.54, 1.807) is 30.5 Å². The van der Waals surface area contributed by atoms with Crippen LogP contribution in [0.15, 0.2) is 36.7 Å². The number of hydrogen-bond acceptors (Lipinski definition) is 5. The Morgan fingerprint density at radius 3 is 2.83 bits per heavy atom. The van der Waals surface area contributed by atoms with Crippen molar-refractivity contribution in [3.8, 4) is 17.3 Å². The van der Waals surface area contributed by atoms with Crippen molar-refractivity contribution < 1.29 is 18.0 Å². The topological polar surface area (TPSA) is 97.7 Å². The maximum absolute atomic E-state index is 13.1. The number of pyridine rings is 1. The molecule has 29 heavy (non-hydrogen) atoms. The van der Waals surface area contributed by atoms with Gasteiger partial charge in [-0.1, -0.05) is 12.1 Å². The Labute approximate surface area is 163 Å². The summed E-state index contributed by atoms with van der Waals surface area (Å²) in [5, 5.41) is 18.5. The normalized spacial score (nSPS) is 16.8. The van der Waals surface area contributed by atoms with Gasteiger partial charge in [-0.15, -0.1) is 0 Å². The number of amides is 1. The van der Waals surface area contributed by atoms with Crippen LogP contribution >= 0.6 is 0 Å². The largest absolute Gasteiger partial charge is 0.433 e. The number of benzene rings is 1. The molecule has 4 rings (SSSR count). The van der Waals surface area contributed by atoms with Gasteiger partial charge in [0.05, 0.1) is 12.1 Å². The third-order valence-corrected chi connectivity index (χ3v) is 4.91. The molecule has 0 saturated carbocycles. The number of alkyl halides is 3. The zero-order valence-electron chi connectivity index (χ0n) is 15.0. The molecule has 1 amide bonds. The first-order chi connectivity index (χ1) is 13.8. The highest BCUT2D eigenvalue weighted by Crippen LogP contribution is 2.36. The molecule has 1 fully saturated rings. The van der Waals surface area contributed by atoms with Gasteiger partial charge in [0.1, 0.15) is 11.5 Å². The number of halogens is 3. The van der Waals surface area contributed by atoms with E-state index in [2.05, 4.69) is 15.4 Å². The number of aromatic amines is 1. The van der Waals surface area contributed by atoms with Gasteiger partial charge in [-0.2, -0.15) is 23.5 Å². The number of nitrogens with one attached hydrogen (secondary N) is 2. The van der Waals surface area contributed by atoms with E-state index in [-0.39, 0.29) is 17.4 Å². The van der Waals surface area contributed by atoms with E-state index in [1.165, 1.54) is 4.90 Å². The van der Waals surface area contributed by atoms with Crippen LogP contribution in [0, 0.1) is 17.4 Å². The van der Waals surface area contributed by atoms with Crippen LogP contribution < -0.4 is 5.32 Å². The molecule has 1 atom stereocenters. The zero-order valence-corrected chi connectivity index (χ0v) is 15.0. The Hall–Kier alpha value is -3.61. The molecule has 1 aliphatic rings. The predicted molar refractivity (Wildman–Crippen MR) is 98.2 cm³/mol. The summed E-state index contributed by atoms with van der Waals surface area (Å²) in [6, 6.07) is 6.44. The molecule has 1 aromatic carbocycles. The summed E-state index contributed by atoms with van der Waals surface area (Å²) in [4.78, 5) is 18.1. The lowest BCUT2D eigenvalue weighted by Crippen LogP contribution is -2.25. The van der Waals surface area contributed by atoms with Gasteiger partial charge < -0.3 is 10.2 Å². The van der Waals surface area contributed by atoms with E-state index in [4.69, 9.17) is 5.26 Å². The standard InChI is InChI=1S/C19H15F3N6O/c20-19(21,22)17-15(8-25-27-17)11-1-2-12-7-24-16(6-14(12)5-11)26-18(29)13-3-4-28(9-13)10-23/h1-2,5-8,13H,3-4,9H2,(H,25,27)(H,24,26,29). The Balaban J connectivity index is 1.60. The summed E-state index contributed by atoms with van der Waals surface area (Å²) in [7, 11) is 0. The second-order valence-electron chi connectivity index (χ2n) is 6.81. The number of carbonyl (C=O) groups excluding carboxylic acids is 1. The molecule has 0 aliphatic carbocycles. The highest BCUT2D eigenvalue weighted by molar-refractivity contribution is 5.95. The average Bonchev–Trinajstić information content (AvgIpc) is 3.36. The number of rotatable bonds is 3. The minimum Gasteiger partial charge on any atom is -0.310 e. The van der Waals surface area contributed by atoms with Gasteiger partial charge >= 0.3 is 6.18 Å². The fourth-order valence-electron chi connectivity index (χ4n) is 3.39. The van der Waals surface area contributed by atoms with Gasteiger partial charge in [-0.3, -0.25) is 9.89 Å². The molecule has 1 aliphatic heterocycles. The molecule has 2 aromatic heterocycles. The molecule has 0 spiro atoms. The maximum Gasteiger partial charge on any atom is 0.433 e. The van der Waals surface area contributed by atoms with Gasteiger partial charge in [-0.25, -0.2) is 4.98 Å². The fraction of sp³-hybridized carbons (Fsp3) is 0.263. The first-order valence-electron chi connectivity index (χ1n) is 8.81. The van der Waals surface area contributed by atoms with E-state index in [1.807, 2.05) is 11.3 Å². The smallest absolute Gasteiger partial charge is 0.310 e. The van der Waals surface area contributed by atoms with Gasteiger partial charge in [0.2, 0.25) is 5.91 Å². The van der Waals surface area contributed by atoms with Crippen molar-refractivity contribution in [2.45, 2.75) is 12.6 Å². The molecule has 10 heteroatoms. The van der Waals surface area contributed by atoms with Gasteiger partial charge in [0, 0.05) is 30.2 Å². The summed E-state index contributed by atoms with van der Waals surface area (Å²) in [6.45, 7) is 0.899. The SMILES string of the molecule is N#CN1CCC(C(=O)Nc2cc3cc(-c4cn[nH]c4C(F)(F)F)ccc3cn2)C1. The van der Waals surface area contributed by atoms with E-state index < -0.39 is 11.9 Å². The van der Waals surface area contributed by atoms with Crippen molar-refractivity contribution in [2.75, 3.05) is 18.4 Å². The van der Waals surface area contributed by atoms with Crippen molar-refractivity contribution >= 4 is 22.5 Å². The van der Waals surface area contributed by atoms with Gasteiger partial charge in [0.25, 0.3) is 0 Å². The Morgan fingerprint density at radius 2 is 2.10 bits per heavy atom. The molecule has 1 saturated heterocycles. The molecule has 0 radical (unpaired) electrons. The number of anilines is 1. The lowest BCUT2D eigenvalue weighted by Gasteiger charge is -2.11. The van der Waals surface area contributed by atoms with Crippen LogP contribution in [0.2, 0.25) is 0 Å². The molecule has 0 bridgehead atoms. The second kappa shape index (κ2) is 7.09. The minimum absolute atomic E-state index is 0.0515. The molecule has 148 valence electrons. The van der Waals surface area contributed by atoms with E-state index in [9.17, 15) is 18.0 Å². The van der Waals surface area contributed by atoms with E-state index in [0.717, 1.165) is 11.6 Å². The van der Waals surface area contributed by atoms with E-state index in [0.29, 0.717) is 36.3 Å². The third kappa shape index (κ3) is 3.71. The summed E-state index contributed by atoms with van der Waals surface area (Å²) in [5.74, 6) is -0.239. The minimum atomic E-state index is -4.54. The number of aromatic nitrogens is 3. The van der Waals surface area contributed by atoms with Crippen molar-refractivity contribution in [1.82, 2.24) is 20.1 Å². The number of hydrogen-bond donors (Lipinski definition) is 2. The first kappa shape index (κ1) is 18.7. The zero-order chi connectivity index (χ0) is 20.6. The highest BCUT2D eigenvalue weighted by Gasteiger charge is 2.36. The highest BCUT2D eigenvalue weighted by atomic mass is 19.4. The number of nitriles is 1. The summed E-state index contributed by atoms with van der Waals surface area (Å²) >= 11 is 0. The lowest BCUT2D eigenvalue weighted by atomic mass is 10.0. The molecular formula is C19H15F3N6O. The van der Waals surface area contributed by atoms with E-state index >= 15 is 0 Å². The third-order valence-electron chi connectivity index (χ3n) is 4.91. The van der Waals surface area contributed by atoms with Gasteiger partial charge in [0.15, 0.2) is 6.19 Å². The van der Waals surface area contributed by atoms with Crippen LogP contribution in [0.25, 0.3) is 21.9 Å².